The van der Waals surface area contributed by atoms with Crippen molar-refractivity contribution in [2.24, 2.45) is 0 Å². The van der Waals surface area contributed by atoms with Gasteiger partial charge >= 0.3 is 5.97 Å². The van der Waals surface area contributed by atoms with Crippen LogP contribution in [0.25, 0.3) is 0 Å². The highest BCUT2D eigenvalue weighted by Crippen LogP contribution is 2.34. The molecule has 0 spiro atoms. The monoisotopic (exact) mass is 415 g/mol. The molecule has 26 heavy (non-hydrogen) atoms. The van der Waals surface area contributed by atoms with E-state index in [1.807, 2.05) is 6.07 Å². The van der Waals surface area contributed by atoms with Gasteiger partial charge in [0.2, 0.25) is 0 Å². The molecule has 0 bridgehead atoms. The van der Waals surface area contributed by atoms with Crippen LogP contribution in [0.15, 0.2) is 42.5 Å². The van der Waals surface area contributed by atoms with E-state index in [1.54, 1.807) is 24.3 Å². The van der Waals surface area contributed by atoms with Crippen molar-refractivity contribution in [3.63, 3.8) is 0 Å². The summed E-state index contributed by atoms with van der Waals surface area (Å²) in [5.74, 6) is -1.55. The fourth-order valence-electron chi connectivity index (χ4n) is 2.18. The first-order valence-corrected chi connectivity index (χ1v) is 8.79. The Kier molecular flexibility index (Phi) is 7.14. The van der Waals surface area contributed by atoms with Crippen LogP contribution in [-0.4, -0.2) is 29.1 Å². The van der Waals surface area contributed by atoms with E-state index in [0.717, 1.165) is 5.56 Å². The van der Waals surface area contributed by atoms with Crippen molar-refractivity contribution in [2.75, 3.05) is 0 Å². The van der Waals surface area contributed by atoms with E-state index in [-0.39, 0.29) is 27.2 Å². The molecule has 2 aromatic carbocycles. The summed E-state index contributed by atoms with van der Waals surface area (Å²) in [6.07, 6.45) is -0.829. The number of benzene rings is 2. The molecule has 0 aliphatic rings. The van der Waals surface area contributed by atoms with Gasteiger partial charge in [0, 0.05) is 12.5 Å². The largest absolute Gasteiger partial charge is 0.480 e. The first-order valence-electron chi connectivity index (χ1n) is 7.66. The molecular weight excluding hydrogens is 401 g/mol. The molecule has 2 atom stereocenters. The van der Waals surface area contributed by atoms with Gasteiger partial charge in [-0.05, 0) is 18.6 Å². The van der Waals surface area contributed by atoms with E-state index in [4.69, 9.17) is 39.5 Å². The molecule has 8 heteroatoms. The van der Waals surface area contributed by atoms with Gasteiger partial charge in [0.25, 0.3) is 5.91 Å². The molecule has 0 saturated heterocycles. The Morgan fingerprint density at radius 1 is 1.08 bits per heavy atom. The second kappa shape index (κ2) is 9.12. The van der Waals surface area contributed by atoms with E-state index in [1.165, 1.54) is 19.1 Å². The zero-order valence-corrected chi connectivity index (χ0v) is 16.0. The number of nitrogens with one attached hydrogen (secondary N) is 1. The fourth-order valence-corrected chi connectivity index (χ4v) is 2.76. The molecule has 5 nitrogen and oxygen atoms in total. The molecule has 0 radical (unpaired) electrons. The highest BCUT2D eigenvalue weighted by molar-refractivity contribution is 6.43. The molecule has 0 heterocycles. The molecule has 0 unspecified atom stereocenters. The van der Waals surface area contributed by atoms with Gasteiger partial charge in [-0.3, -0.25) is 4.79 Å². The highest BCUT2D eigenvalue weighted by Gasteiger charge is 2.25. The average molecular weight is 417 g/mol. The number of hydrogen-bond donors (Lipinski definition) is 2. The minimum Gasteiger partial charge on any atom is -0.480 e. The smallest absolute Gasteiger partial charge is 0.326 e. The summed E-state index contributed by atoms with van der Waals surface area (Å²) in [6, 6.07) is 10.7. The fraction of sp³-hybridized carbons (Fsp3) is 0.222. The Labute approximate surface area is 165 Å². The minimum atomic E-state index is -1.14. The minimum absolute atomic E-state index is 0.155. The van der Waals surface area contributed by atoms with E-state index in [0.29, 0.717) is 0 Å². The Morgan fingerprint density at radius 2 is 1.69 bits per heavy atom. The predicted octanol–water partition coefficient (Wildman–Crippen LogP) is 4.23. The topological polar surface area (TPSA) is 75.6 Å². The number of carbonyl (C=O) groups excluding carboxylic acids is 1. The van der Waals surface area contributed by atoms with Crippen molar-refractivity contribution < 1.29 is 19.4 Å². The average Bonchev–Trinajstić information content (AvgIpc) is 2.59. The van der Waals surface area contributed by atoms with Gasteiger partial charge in [0.15, 0.2) is 6.10 Å². The van der Waals surface area contributed by atoms with Crippen molar-refractivity contribution in [3.05, 3.63) is 63.1 Å². The highest BCUT2D eigenvalue weighted by atomic mass is 35.5. The summed E-state index contributed by atoms with van der Waals surface area (Å²) in [5.41, 5.74) is 0.793. The zero-order chi connectivity index (χ0) is 19.3. The van der Waals surface area contributed by atoms with Gasteiger partial charge in [0.05, 0.1) is 15.1 Å². The molecule has 2 aromatic rings. The Bertz CT molecular complexity index is 799. The van der Waals surface area contributed by atoms with Gasteiger partial charge in [-0.2, -0.15) is 0 Å². The molecule has 1 amide bonds. The second-order valence-electron chi connectivity index (χ2n) is 5.55. The summed E-state index contributed by atoms with van der Waals surface area (Å²) in [6.45, 7) is 1.48. The third-order valence-electron chi connectivity index (χ3n) is 3.55. The van der Waals surface area contributed by atoms with E-state index < -0.39 is 24.0 Å². The number of halogens is 3. The third-order valence-corrected chi connectivity index (χ3v) is 4.56. The molecule has 2 N–H and O–H groups in total. The molecule has 2 rings (SSSR count). The van der Waals surface area contributed by atoms with Crippen LogP contribution < -0.4 is 10.1 Å². The quantitative estimate of drug-likeness (QED) is 0.662. The first kappa shape index (κ1) is 20.4. The molecule has 0 saturated carbocycles. The van der Waals surface area contributed by atoms with E-state index in [2.05, 4.69) is 5.32 Å². The summed E-state index contributed by atoms with van der Waals surface area (Å²) >= 11 is 17.8. The van der Waals surface area contributed by atoms with Crippen molar-refractivity contribution in [3.8, 4) is 5.75 Å². The Hall–Kier alpha value is -1.95. The third kappa shape index (κ3) is 5.53. The first-order chi connectivity index (χ1) is 12.3. The summed E-state index contributed by atoms with van der Waals surface area (Å²) in [7, 11) is 0. The lowest BCUT2D eigenvalue weighted by atomic mass is 10.1. The van der Waals surface area contributed by atoms with Crippen LogP contribution in [0.4, 0.5) is 0 Å². The van der Waals surface area contributed by atoms with Crippen molar-refractivity contribution in [2.45, 2.75) is 25.5 Å². The number of rotatable bonds is 7. The lowest BCUT2D eigenvalue weighted by Gasteiger charge is -2.19. The second-order valence-corrected chi connectivity index (χ2v) is 6.77. The lowest BCUT2D eigenvalue weighted by molar-refractivity contribution is -0.142. The maximum atomic E-state index is 12.3. The molecule has 0 aliphatic carbocycles. The maximum Gasteiger partial charge on any atom is 0.326 e. The lowest BCUT2D eigenvalue weighted by Crippen LogP contribution is -2.47. The van der Waals surface area contributed by atoms with E-state index >= 15 is 0 Å². The van der Waals surface area contributed by atoms with Crippen molar-refractivity contribution in [1.29, 1.82) is 0 Å². The van der Waals surface area contributed by atoms with Crippen LogP contribution in [0.3, 0.4) is 0 Å². The van der Waals surface area contributed by atoms with Gasteiger partial charge in [-0.1, -0.05) is 65.1 Å². The number of hydrogen-bond acceptors (Lipinski definition) is 3. The Balaban J connectivity index is 2.04. The van der Waals surface area contributed by atoms with Crippen LogP contribution in [0.1, 0.15) is 12.5 Å². The summed E-state index contributed by atoms with van der Waals surface area (Å²) in [4.78, 5) is 23.8. The van der Waals surface area contributed by atoms with Gasteiger partial charge < -0.3 is 15.2 Å². The Morgan fingerprint density at radius 3 is 2.31 bits per heavy atom. The number of carbonyl (C=O) groups is 2. The van der Waals surface area contributed by atoms with E-state index in [9.17, 15) is 14.7 Å². The summed E-state index contributed by atoms with van der Waals surface area (Å²) in [5, 5.41) is 12.5. The van der Waals surface area contributed by atoms with Gasteiger partial charge in [-0.15, -0.1) is 0 Å². The SMILES string of the molecule is C[C@@H](Oc1cc(Cl)c(Cl)cc1Cl)C(=O)N[C@H](Cc1ccccc1)C(=O)O. The number of carboxylic acids is 1. The van der Waals surface area contributed by atoms with Gasteiger partial charge in [0.1, 0.15) is 11.8 Å². The van der Waals surface area contributed by atoms with Crippen LogP contribution in [0.5, 0.6) is 5.75 Å². The zero-order valence-electron chi connectivity index (χ0n) is 13.7. The maximum absolute atomic E-state index is 12.3. The van der Waals surface area contributed by atoms with Crippen LogP contribution in [0.2, 0.25) is 15.1 Å². The number of ether oxygens (including phenoxy) is 1. The number of carboxylic acid groups (broad SMARTS) is 1. The molecular formula is C18H16Cl3NO4. The van der Waals surface area contributed by atoms with Crippen molar-refractivity contribution in [1.82, 2.24) is 5.32 Å². The van der Waals surface area contributed by atoms with Crippen LogP contribution in [-0.2, 0) is 16.0 Å². The number of amides is 1. The van der Waals surface area contributed by atoms with Crippen LogP contribution in [0, 0.1) is 0 Å². The molecule has 138 valence electrons. The molecule has 0 aromatic heterocycles. The summed E-state index contributed by atoms with van der Waals surface area (Å²) < 4.78 is 5.49. The molecule has 0 fully saturated rings. The normalized spacial score (nSPS) is 12.9. The number of aliphatic carboxylic acids is 1. The predicted molar refractivity (Wildman–Crippen MR) is 101 cm³/mol. The van der Waals surface area contributed by atoms with Crippen LogP contribution >= 0.6 is 34.8 Å². The standard InChI is InChI=1S/C18H16Cl3NO4/c1-10(26-16-9-13(20)12(19)8-14(16)21)17(23)22-15(18(24)25)7-11-5-3-2-4-6-11/h2-6,8-10,15H,7H2,1H3,(H,22,23)(H,24,25)/t10-,15-/m1/s1. The molecule has 0 aliphatic heterocycles. The van der Waals surface area contributed by atoms with Gasteiger partial charge in [-0.25, -0.2) is 4.79 Å². The van der Waals surface area contributed by atoms with Crippen molar-refractivity contribution >= 4 is 46.7 Å².